The normalized spacial score (nSPS) is 14.3. The van der Waals surface area contributed by atoms with Crippen molar-refractivity contribution >= 4 is 0 Å². The molecular weight excluding hydrogens is 267 g/mol. The lowest BCUT2D eigenvalue weighted by molar-refractivity contribution is -0.138. The Kier molecular flexibility index (Phi) is 5.59. The van der Waals surface area contributed by atoms with Gasteiger partial charge in [-0.15, -0.1) is 0 Å². The first kappa shape index (κ1) is 17.0. The van der Waals surface area contributed by atoms with Gasteiger partial charge in [0.2, 0.25) is 0 Å². The second-order valence-electron chi connectivity index (χ2n) is 6.08. The monoisotopic (exact) mass is 289 g/mol. The molecule has 20 heavy (non-hydrogen) atoms. The molecule has 0 aliphatic carbocycles. The van der Waals surface area contributed by atoms with Crippen LogP contribution in [0.2, 0.25) is 0 Å². The predicted octanol–water partition coefficient (Wildman–Crippen LogP) is 4.16. The van der Waals surface area contributed by atoms with Crippen molar-refractivity contribution in [2.75, 3.05) is 13.2 Å². The lowest BCUT2D eigenvalue weighted by Crippen LogP contribution is -2.22. The Hall–Kier alpha value is -1.07. The SMILES string of the molecule is CC(C)(C)CCOCC(N)c1ccccc1C(F)(F)F. The minimum atomic E-state index is -4.39. The minimum absolute atomic E-state index is 0.0794. The van der Waals surface area contributed by atoms with Crippen LogP contribution in [0.15, 0.2) is 24.3 Å². The van der Waals surface area contributed by atoms with Gasteiger partial charge in [0.15, 0.2) is 0 Å². The molecule has 2 nitrogen and oxygen atoms in total. The highest BCUT2D eigenvalue weighted by Crippen LogP contribution is 2.34. The number of ether oxygens (including phenoxy) is 1. The van der Waals surface area contributed by atoms with Gasteiger partial charge in [-0.2, -0.15) is 13.2 Å². The van der Waals surface area contributed by atoms with Crippen molar-refractivity contribution in [2.24, 2.45) is 11.1 Å². The zero-order valence-electron chi connectivity index (χ0n) is 12.1. The lowest BCUT2D eigenvalue weighted by atomic mass is 9.93. The maximum atomic E-state index is 12.9. The average Bonchev–Trinajstić information content (AvgIpc) is 2.32. The summed E-state index contributed by atoms with van der Waals surface area (Å²) in [7, 11) is 0. The van der Waals surface area contributed by atoms with Crippen molar-refractivity contribution in [1.29, 1.82) is 0 Å². The number of alkyl halides is 3. The first-order valence-corrected chi connectivity index (χ1v) is 6.61. The number of rotatable bonds is 5. The maximum Gasteiger partial charge on any atom is 0.416 e. The lowest BCUT2D eigenvalue weighted by Gasteiger charge is -2.20. The van der Waals surface area contributed by atoms with Crippen LogP contribution in [0, 0.1) is 5.41 Å². The Bertz CT molecular complexity index is 424. The summed E-state index contributed by atoms with van der Waals surface area (Å²) < 4.78 is 44.0. The largest absolute Gasteiger partial charge is 0.416 e. The fourth-order valence-corrected chi connectivity index (χ4v) is 1.76. The highest BCUT2D eigenvalue weighted by Gasteiger charge is 2.34. The number of nitrogens with two attached hydrogens (primary N) is 1. The van der Waals surface area contributed by atoms with Gasteiger partial charge in [-0.05, 0) is 23.5 Å². The van der Waals surface area contributed by atoms with Crippen molar-refractivity contribution in [3.05, 3.63) is 35.4 Å². The number of benzene rings is 1. The molecule has 0 saturated carbocycles. The van der Waals surface area contributed by atoms with Crippen molar-refractivity contribution < 1.29 is 17.9 Å². The van der Waals surface area contributed by atoms with E-state index < -0.39 is 17.8 Å². The van der Waals surface area contributed by atoms with E-state index in [4.69, 9.17) is 10.5 Å². The van der Waals surface area contributed by atoms with Crippen molar-refractivity contribution in [2.45, 2.75) is 39.4 Å². The molecule has 0 heterocycles. The van der Waals surface area contributed by atoms with Crippen LogP contribution in [0.1, 0.15) is 44.4 Å². The van der Waals surface area contributed by atoms with Gasteiger partial charge in [0.25, 0.3) is 0 Å². The van der Waals surface area contributed by atoms with Gasteiger partial charge >= 0.3 is 6.18 Å². The summed E-state index contributed by atoms with van der Waals surface area (Å²) in [4.78, 5) is 0. The van der Waals surface area contributed by atoms with E-state index in [9.17, 15) is 13.2 Å². The summed E-state index contributed by atoms with van der Waals surface area (Å²) in [6.45, 7) is 6.81. The Morgan fingerprint density at radius 2 is 1.75 bits per heavy atom. The number of hydrogen-bond donors (Lipinski definition) is 1. The van der Waals surface area contributed by atoms with Gasteiger partial charge in [0, 0.05) is 6.61 Å². The summed E-state index contributed by atoms with van der Waals surface area (Å²) in [6, 6.07) is 4.59. The molecule has 0 aliphatic rings. The fraction of sp³-hybridized carbons (Fsp3) is 0.600. The van der Waals surface area contributed by atoms with Crippen LogP contribution in [0.4, 0.5) is 13.2 Å². The zero-order valence-corrected chi connectivity index (χ0v) is 12.1. The van der Waals surface area contributed by atoms with Crippen molar-refractivity contribution in [3.63, 3.8) is 0 Å². The van der Waals surface area contributed by atoms with E-state index in [-0.39, 0.29) is 17.6 Å². The zero-order chi connectivity index (χ0) is 15.4. The Morgan fingerprint density at radius 1 is 1.15 bits per heavy atom. The van der Waals surface area contributed by atoms with E-state index in [1.807, 2.05) is 0 Å². The van der Waals surface area contributed by atoms with Crippen LogP contribution < -0.4 is 5.73 Å². The molecule has 0 spiro atoms. The third-order valence-corrected chi connectivity index (χ3v) is 2.96. The first-order chi connectivity index (χ1) is 9.11. The van der Waals surface area contributed by atoms with Gasteiger partial charge in [-0.25, -0.2) is 0 Å². The van der Waals surface area contributed by atoms with Gasteiger partial charge in [0.05, 0.1) is 18.2 Å². The van der Waals surface area contributed by atoms with Crippen LogP contribution in [0.25, 0.3) is 0 Å². The molecule has 5 heteroatoms. The Labute approximate surface area is 118 Å². The van der Waals surface area contributed by atoms with Crippen LogP contribution in [-0.4, -0.2) is 13.2 Å². The molecule has 1 aromatic carbocycles. The van der Waals surface area contributed by atoms with E-state index in [0.29, 0.717) is 6.61 Å². The molecule has 0 amide bonds. The standard InChI is InChI=1S/C15H22F3NO/c1-14(2,3)8-9-20-10-13(19)11-6-4-5-7-12(11)15(16,17)18/h4-7,13H,8-10,19H2,1-3H3. The van der Waals surface area contributed by atoms with Gasteiger partial charge < -0.3 is 10.5 Å². The molecule has 1 rings (SSSR count). The molecule has 1 unspecified atom stereocenters. The second kappa shape index (κ2) is 6.59. The average molecular weight is 289 g/mol. The summed E-state index contributed by atoms with van der Waals surface area (Å²) in [5, 5.41) is 0. The number of halogens is 3. The molecule has 0 radical (unpaired) electrons. The Morgan fingerprint density at radius 3 is 2.30 bits per heavy atom. The molecule has 0 saturated heterocycles. The quantitative estimate of drug-likeness (QED) is 0.826. The molecule has 2 N–H and O–H groups in total. The highest BCUT2D eigenvalue weighted by atomic mass is 19.4. The third-order valence-electron chi connectivity index (χ3n) is 2.96. The summed E-state index contributed by atoms with van der Waals surface area (Å²) in [5.41, 5.74) is 5.34. The number of hydrogen-bond acceptors (Lipinski definition) is 2. The Balaban J connectivity index is 2.62. The first-order valence-electron chi connectivity index (χ1n) is 6.61. The molecule has 0 aliphatic heterocycles. The van der Waals surface area contributed by atoms with Crippen molar-refractivity contribution in [1.82, 2.24) is 0 Å². The molecule has 1 aromatic rings. The molecule has 0 bridgehead atoms. The fourth-order valence-electron chi connectivity index (χ4n) is 1.76. The van der Waals surface area contributed by atoms with Crippen LogP contribution in [0.5, 0.6) is 0 Å². The molecule has 114 valence electrons. The smallest absolute Gasteiger partial charge is 0.379 e. The van der Waals surface area contributed by atoms with Crippen LogP contribution in [-0.2, 0) is 10.9 Å². The molecule has 0 aromatic heterocycles. The van der Waals surface area contributed by atoms with E-state index >= 15 is 0 Å². The highest BCUT2D eigenvalue weighted by molar-refractivity contribution is 5.32. The third kappa shape index (κ3) is 5.51. The molecule has 1 atom stereocenters. The van der Waals surface area contributed by atoms with E-state index in [2.05, 4.69) is 20.8 Å². The van der Waals surface area contributed by atoms with Gasteiger partial charge in [0.1, 0.15) is 0 Å². The van der Waals surface area contributed by atoms with Gasteiger partial charge in [-0.1, -0.05) is 39.0 Å². The summed E-state index contributed by atoms with van der Waals surface area (Å²) in [6.07, 6.45) is -3.56. The minimum Gasteiger partial charge on any atom is -0.379 e. The van der Waals surface area contributed by atoms with Crippen molar-refractivity contribution in [3.8, 4) is 0 Å². The summed E-state index contributed by atoms with van der Waals surface area (Å²) in [5.74, 6) is 0. The molecular formula is C15H22F3NO. The summed E-state index contributed by atoms with van der Waals surface area (Å²) >= 11 is 0. The van der Waals surface area contributed by atoms with E-state index in [1.165, 1.54) is 12.1 Å². The van der Waals surface area contributed by atoms with Crippen LogP contribution >= 0.6 is 0 Å². The van der Waals surface area contributed by atoms with Gasteiger partial charge in [-0.3, -0.25) is 0 Å². The topological polar surface area (TPSA) is 35.2 Å². The molecule has 0 fully saturated rings. The van der Waals surface area contributed by atoms with E-state index in [0.717, 1.165) is 12.5 Å². The maximum absolute atomic E-state index is 12.9. The van der Waals surface area contributed by atoms with Crippen LogP contribution in [0.3, 0.4) is 0 Å². The second-order valence-corrected chi connectivity index (χ2v) is 6.08. The van der Waals surface area contributed by atoms with E-state index in [1.54, 1.807) is 6.07 Å². The predicted molar refractivity (Wildman–Crippen MR) is 73.3 cm³/mol.